The third kappa shape index (κ3) is 6.65. The van der Waals surface area contributed by atoms with Gasteiger partial charge in [0.1, 0.15) is 0 Å². The SMILES string of the molecule is CCC[C@H]1CC[C@H](C2CCN(c3cnc(-c4ccc(C[C@H](N)C(=O)N5CC(C(=O)OC)C5)cc4)nc3)CC2)CC1. The highest BCUT2D eigenvalue weighted by molar-refractivity contribution is 5.85. The molecule has 1 aromatic heterocycles. The smallest absolute Gasteiger partial charge is 0.312 e. The van der Waals surface area contributed by atoms with E-state index in [9.17, 15) is 9.59 Å². The lowest BCUT2D eigenvalue weighted by Gasteiger charge is -2.39. The van der Waals surface area contributed by atoms with E-state index in [0.29, 0.717) is 25.3 Å². The van der Waals surface area contributed by atoms with E-state index in [1.807, 2.05) is 36.7 Å². The van der Waals surface area contributed by atoms with Crippen LogP contribution in [0.4, 0.5) is 5.69 Å². The highest BCUT2D eigenvalue weighted by atomic mass is 16.5. The monoisotopic (exact) mass is 547 g/mol. The van der Waals surface area contributed by atoms with Gasteiger partial charge in [-0.05, 0) is 55.4 Å². The molecule has 1 aromatic carbocycles. The number of nitrogens with two attached hydrogens (primary N) is 1. The van der Waals surface area contributed by atoms with Crippen molar-refractivity contribution < 1.29 is 14.3 Å². The van der Waals surface area contributed by atoms with Crippen LogP contribution in [0.25, 0.3) is 11.4 Å². The molecule has 1 aliphatic carbocycles. The van der Waals surface area contributed by atoms with Crippen LogP contribution in [0.1, 0.15) is 63.9 Å². The Labute approximate surface area is 238 Å². The maximum atomic E-state index is 12.6. The zero-order valence-corrected chi connectivity index (χ0v) is 24.1. The fourth-order valence-corrected chi connectivity index (χ4v) is 6.96. The summed E-state index contributed by atoms with van der Waals surface area (Å²) in [7, 11) is 1.37. The molecule has 0 bridgehead atoms. The first kappa shape index (κ1) is 28.5. The van der Waals surface area contributed by atoms with Crippen LogP contribution in [-0.4, -0.2) is 66.1 Å². The summed E-state index contributed by atoms with van der Waals surface area (Å²) in [5, 5.41) is 0. The van der Waals surface area contributed by atoms with Crippen molar-refractivity contribution in [3.05, 3.63) is 42.2 Å². The summed E-state index contributed by atoms with van der Waals surface area (Å²) in [6.07, 6.45) is 15.4. The summed E-state index contributed by atoms with van der Waals surface area (Å²) in [6, 6.07) is 7.29. The van der Waals surface area contributed by atoms with Gasteiger partial charge in [-0.3, -0.25) is 9.59 Å². The number of ether oxygens (including phenoxy) is 1. The van der Waals surface area contributed by atoms with Crippen LogP contribution in [0.3, 0.4) is 0 Å². The number of nitrogens with zero attached hydrogens (tertiary/aromatic N) is 4. The van der Waals surface area contributed by atoms with Gasteiger partial charge >= 0.3 is 5.97 Å². The first-order valence-corrected chi connectivity index (χ1v) is 15.2. The molecule has 40 heavy (non-hydrogen) atoms. The summed E-state index contributed by atoms with van der Waals surface area (Å²) in [5.74, 6) is 2.84. The van der Waals surface area contributed by atoms with Gasteiger partial charge in [-0.15, -0.1) is 0 Å². The summed E-state index contributed by atoms with van der Waals surface area (Å²) in [6.45, 7) is 5.26. The minimum atomic E-state index is -0.639. The van der Waals surface area contributed by atoms with Gasteiger partial charge in [0, 0.05) is 31.7 Å². The number of hydrogen-bond acceptors (Lipinski definition) is 7. The number of carbonyl (C=O) groups excluding carboxylic acids is 2. The van der Waals surface area contributed by atoms with Crippen molar-refractivity contribution in [2.24, 2.45) is 29.4 Å². The maximum Gasteiger partial charge on any atom is 0.312 e. The average molecular weight is 548 g/mol. The molecule has 3 fully saturated rings. The van der Waals surface area contributed by atoms with Crippen LogP contribution in [0.2, 0.25) is 0 Å². The molecule has 8 nitrogen and oxygen atoms in total. The number of benzene rings is 1. The molecule has 0 spiro atoms. The molecule has 3 heterocycles. The number of likely N-dealkylation sites (tertiary alicyclic amines) is 1. The molecule has 2 saturated heterocycles. The fourth-order valence-electron chi connectivity index (χ4n) is 6.96. The second kappa shape index (κ2) is 13.1. The third-order valence-electron chi connectivity index (χ3n) is 9.51. The van der Waals surface area contributed by atoms with Crippen LogP contribution in [0.5, 0.6) is 0 Å². The normalized spacial score (nSPS) is 23.0. The minimum Gasteiger partial charge on any atom is -0.469 e. The number of amides is 1. The Morgan fingerprint density at radius 3 is 2.20 bits per heavy atom. The molecule has 3 aliphatic rings. The molecule has 1 saturated carbocycles. The highest BCUT2D eigenvalue weighted by Gasteiger charge is 2.38. The van der Waals surface area contributed by atoms with E-state index in [2.05, 4.69) is 21.8 Å². The number of anilines is 1. The standard InChI is InChI=1S/C32H45N5O3/c1-3-4-22-5-9-24(10-6-22)25-13-15-36(16-14-25)28-18-34-30(35-19-28)26-11-7-23(8-12-26)17-29(33)31(38)37-20-27(21-37)32(39)40-2/h7-8,11-12,18-19,22,24-25,27,29H,3-6,9-10,13-17,20-21,33H2,1-2H3/t22-,24-,29-/m0/s1. The second-order valence-corrected chi connectivity index (χ2v) is 12.1. The van der Waals surface area contributed by atoms with Crippen molar-refractivity contribution in [1.82, 2.24) is 14.9 Å². The van der Waals surface area contributed by atoms with E-state index < -0.39 is 6.04 Å². The zero-order chi connectivity index (χ0) is 28.1. The Balaban J connectivity index is 1.08. The van der Waals surface area contributed by atoms with Crippen LogP contribution in [-0.2, 0) is 20.7 Å². The third-order valence-corrected chi connectivity index (χ3v) is 9.51. The van der Waals surface area contributed by atoms with Crippen molar-refractivity contribution in [3.63, 3.8) is 0 Å². The van der Waals surface area contributed by atoms with Crippen molar-refractivity contribution in [3.8, 4) is 11.4 Å². The molecule has 0 unspecified atom stereocenters. The highest BCUT2D eigenvalue weighted by Crippen LogP contribution is 2.39. The predicted octanol–water partition coefficient (Wildman–Crippen LogP) is 4.47. The van der Waals surface area contributed by atoms with E-state index >= 15 is 0 Å². The van der Waals surface area contributed by atoms with Crippen molar-refractivity contribution in [1.29, 1.82) is 0 Å². The first-order valence-electron chi connectivity index (χ1n) is 15.2. The number of aromatic nitrogens is 2. The van der Waals surface area contributed by atoms with Crippen molar-refractivity contribution >= 4 is 17.6 Å². The summed E-state index contributed by atoms with van der Waals surface area (Å²) >= 11 is 0. The number of piperidine rings is 1. The first-order chi connectivity index (χ1) is 19.4. The Bertz CT molecular complexity index is 1120. The topological polar surface area (TPSA) is 102 Å². The van der Waals surface area contributed by atoms with Crippen LogP contribution >= 0.6 is 0 Å². The number of methoxy groups -OCH3 is 1. The summed E-state index contributed by atoms with van der Waals surface area (Å²) in [4.78, 5) is 37.6. The zero-order valence-electron chi connectivity index (χ0n) is 24.1. The number of carbonyl (C=O) groups is 2. The van der Waals surface area contributed by atoms with E-state index in [4.69, 9.17) is 10.5 Å². The van der Waals surface area contributed by atoms with Gasteiger partial charge < -0.3 is 20.3 Å². The molecule has 1 atom stereocenters. The lowest BCUT2D eigenvalue weighted by Crippen LogP contribution is -2.57. The van der Waals surface area contributed by atoms with Crippen molar-refractivity contribution in [2.75, 3.05) is 38.2 Å². The van der Waals surface area contributed by atoms with Crippen molar-refractivity contribution in [2.45, 2.75) is 70.8 Å². The number of rotatable bonds is 9. The largest absolute Gasteiger partial charge is 0.469 e. The molecule has 2 N–H and O–H groups in total. The molecule has 5 rings (SSSR count). The second-order valence-electron chi connectivity index (χ2n) is 12.1. The molecule has 8 heteroatoms. The van der Waals surface area contributed by atoms with Crippen LogP contribution in [0.15, 0.2) is 36.7 Å². The average Bonchev–Trinajstić information content (AvgIpc) is 2.97. The van der Waals surface area contributed by atoms with Gasteiger partial charge in [0.25, 0.3) is 0 Å². The molecule has 1 amide bonds. The Hall–Kier alpha value is -3.00. The van der Waals surface area contributed by atoms with Gasteiger partial charge in [-0.25, -0.2) is 9.97 Å². The number of esters is 1. The fraction of sp³-hybridized carbons (Fsp3) is 0.625. The van der Waals surface area contributed by atoms with E-state index in [1.165, 1.54) is 58.5 Å². The van der Waals surface area contributed by atoms with E-state index in [1.54, 1.807) is 4.90 Å². The quantitative estimate of drug-likeness (QED) is 0.462. The summed E-state index contributed by atoms with van der Waals surface area (Å²) < 4.78 is 4.74. The minimum absolute atomic E-state index is 0.133. The summed E-state index contributed by atoms with van der Waals surface area (Å²) in [5.41, 5.74) is 9.21. The van der Waals surface area contributed by atoms with E-state index in [0.717, 1.165) is 47.7 Å². The van der Waals surface area contributed by atoms with Gasteiger partial charge in [-0.2, -0.15) is 0 Å². The van der Waals surface area contributed by atoms with Gasteiger partial charge in [-0.1, -0.05) is 56.9 Å². The van der Waals surface area contributed by atoms with Crippen LogP contribution < -0.4 is 10.6 Å². The number of hydrogen-bond donors (Lipinski definition) is 1. The molecular formula is C32H45N5O3. The molecule has 2 aliphatic heterocycles. The molecular weight excluding hydrogens is 502 g/mol. The van der Waals surface area contributed by atoms with Gasteiger partial charge in [0.2, 0.25) is 5.91 Å². The predicted molar refractivity (Wildman–Crippen MR) is 157 cm³/mol. The Kier molecular flexibility index (Phi) is 9.35. The lowest BCUT2D eigenvalue weighted by atomic mass is 9.72. The Morgan fingerprint density at radius 2 is 1.60 bits per heavy atom. The van der Waals surface area contributed by atoms with Crippen LogP contribution in [0, 0.1) is 23.7 Å². The lowest BCUT2D eigenvalue weighted by molar-refractivity contribution is -0.156. The maximum absolute atomic E-state index is 12.6. The van der Waals surface area contributed by atoms with Gasteiger partial charge in [0.15, 0.2) is 5.82 Å². The van der Waals surface area contributed by atoms with Gasteiger partial charge in [0.05, 0.1) is 37.2 Å². The molecule has 0 radical (unpaired) electrons. The van der Waals surface area contributed by atoms with E-state index in [-0.39, 0.29) is 17.8 Å². The molecule has 2 aromatic rings. The molecule has 216 valence electrons. The Morgan fingerprint density at radius 1 is 0.975 bits per heavy atom.